The Kier molecular flexibility index (Phi) is 4.37. The van der Waals surface area contributed by atoms with Gasteiger partial charge < -0.3 is 16.0 Å². The number of benzene rings is 1. The van der Waals surface area contributed by atoms with E-state index in [4.69, 9.17) is 5.73 Å². The molecule has 0 aliphatic carbocycles. The van der Waals surface area contributed by atoms with Crippen LogP contribution in [0.5, 0.6) is 0 Å². The molecule has 0 radical (unpaired) electrons. The van der Waals surface area contributed by atoms with Crippen LogP contribution in [0.15, 0.2) is 18.2 Å². The number of nitrogens with one attached hydrogen (secondary N) is 1. The van der Waals surface area contributed by atoms with Crippen LogP contribution >= 0.6 is 0 Å². The molecule has 4 nitrogen and oxygen atoms in total. The lowest BCUT2D eigenvalue weighted by molar-refractivity contribution is 0.186. The second-order valence-electron chi connectivity index (χ2n) is 5.07. The molecule has 0 atom stereocenters. The molecule has 0 spiro atoms. The van der Waals surface area contributed by atoms with Crippen LogP contribution < -0.4 is 11.1 Å². The van der Waals surface area contributed by atoms with Crippen LogP contribution in [0.4, 0.5) is 14.9 Å². The molecule has 1 aromatic rings. The summed E-state index contributed by atoms with van der Waals surface area (Å²) in [5.74, 6) is 0.283. The number of anilines is 1. The first-order valence-corrected chi connectivity index (χ1v) is 6.65. The van der Waals surface area contributed by atoms with Gasteiger partial charge in [-0.15, -0.1) is 0 Å². The van der Waals surface area contributed by atoms with Gasteiger partial charge >= 0.3 is 6.03 Å². The van der Waals surface area contributed by atoms with Crippen LogP contribution in [0.2, 0.25) is 0 Å². The minimum atomic E-state index is -0.382. The van der Waals surface area contributed by atoms with Gasteiger partial charge in [-0.1, -0.05) is 13.0 Å². The number of rotatable bonds is 2. The van der Waals surface area contributed by atoms with Crippen molar-refractivity contribution in [2.45, 2.75) is 26.3 Å². The Hall–Kier alpha value is -1.62. The van der Waals surface area contributed by atoms with E-state index in [1.54, 1.807) is 17.0 Å². The molecule has 0 bridgehead atoms. The number of carbonyl (C=O) groups is 1. The standard InChI is InChI=1S/C14H20FN3O/c1-10-5-7-18(8-6-10)14(19)17-13-4-2-3-12(15)11(13)9-16/h2-4,10H,5-9,16H2,1H3,(H,17,19). The van der Waals surface area contributed by atoms with Gasteiger partial charge in [0.15, 0.2) is 0 Å². The molecule has 2 rings (SSSR count). The zero-order valence-corrected chi connectivity index (χ0v) is 11.2. The van der Waals surface area contributed by atoms with Crippen LogP contribution in [0.25, 0.3) is 0 Å². The van der Waals surface area contributed by atoms with E-state index in [9.17, 15) is 9.18 Å². The lowest BCUT2D eigenvalue weighted by Gasteiger charge is -2.30. The van der Waals surface area contributed by atoms with Gasteiger partial charge in [-0.25, -0.2) is 9.18 Å². The van der Waals surface area contributed by atoms with Crippen LogP contribution in [0.1, 0.15) is 25.3 Å². The van der Waals surface area contributed by atoms with E-state index in [2.05, 4.69) is 12.2 Å². The van der Waals surface area contributed by atoms with Crippen molar-refractivity contribution in [3.63, 3.8) is 0 Å². The highest BCUT2D eigenvalue weighted by molar-refractivity contribution is 5.90. The van der Waals surface area contributed by atoms with Crippen molar-refractivity contribution in [3.05, 3.63) is 29.6 Å². The first kappa shape index (κ1) is 13.8. The molecule has 0 unspecified atom stereocenters. The van der Waals surface area contributed by atoms with Gasteiger partial charge in [0.05, 0.1) is 0 Å². The molecule has 1 aliphatic heterocycles. The quantitative estimate of drug-likeness (QED) is 0.863. The van der Waals surface area contributed by atoms with Gasteiger partial charge in [0, 0.05) is 30.9 Å². The Labute approximate surface area is 112 Å². The molecule has 0 aromatic heterocycles. The van der Waals surface area contributed by atoms with Crippen LogP contribution in [-0.4, -0.2) is 24.0 Å². The number of hydrogen-bond acceptors (Lipinski definition) is 2. The SMILES string of the molecule is CC1CCN(C(=O)Nc2cccc(F)c2CN)CC1. The van der Waals surface area contributed by atoms with Crippen molar-refractivity contribution in [2.24, 2.45) is 11.7 Å². The number of likely N-dealkylation sites (tertiary alicyclic amines) is 1. The molecule has 1 heterocycles. The Bertz CT molecular complexity index is 456. The number of nitrogens with two attached hydrogens (primary N) is 1. The lowest BCUT2D eigenvalue weighted by atomic mass is 10.00. The highest BCUT2D eigenvalue weighted by Gasteiger charge is 2.21. The third kappa shape index (κ3) is 3.23. The molecule has 3 N–H and O–H groups in total. The maximum absolute atomic E-state index is 13.5. The summed E-state index contributed by atoms with van der Waals surface area (Å²) in [7, 11) is 0. The number of urea groups is 1. The number of carbonyl (C=O) groups excluding carboxylic acids is 1. The van der Waals surface area contributed by atoms with E-state index in [0.29, 0.717) is 17.2 Å². The predicted molar refractivity (Wildman–Crippen MR) is 73.3 cm³/mol. The van der Waals surface area contributed by atoms with E-state index < -0.39 is 0 Å². The fourth-order valence-electron chi connectivity index (χ4n) is 2.29. The third-order valence-corrected chi connectivity index (χ3v) is 3.64. The second kappa shape index (κ2) is 6.02. The van der Waals surface area contributed by atoms with Gasteiger partial charge in [0.2, 0.25) is 0 Å². The molecule has 1 fully saturated rings. The third-order valence-electron chi connectivity index (χ3n) is 3.64. The van der Waals surface area contributed by atoms with Crippen molar-refractivity contribution in [2.75, 3.05) is 18.4 Å². The van der Waals surface area contributed by atoms with Gasteiger partial charge in [-0.3, -0.25) is 0 Å². The van der Waals surface area contributed by atoms with Crippen molar-refractivity contribution < 1.29 is 9.18 Å². The van der Waals surface area contributed by atoms with E-state index >= 15 is 0 Å². The highest BCUT2D eigenvalue weighted by Crippen LogP contribution is 2.21. The summed E-state index contributed by atoms with van der Waals surface area (Å²) in [4.78, 5) is 13.9. The summed E-state index contributed by atoms with van der Waals surface area (Å²) in [5, 5.41) is 2.75. The topological polar surface area (TPSA) is 58.4 Å². The van der Waals surface area contributed by atoms with Crippen LogP contribution in [0, 0.1) is 11.7 Å². The minimum Gasteiger partial charge on any atom is -0.326 e. The first-order valence-electron chi connectivity index (χ1n) is 6.65. The molecule has 1 aromatic carbocycles. The van der Waals surface area contributed by atoms with E-state index in [0.717, 1.165) is 25.9 Å². The van der Waals surface area contributed by atoms with Crippen molar-refractivity contribution in [1.29, 1.82) is 0 Å². The predicted octanol–water partition coefficient (Wildman–Crippen LogP) is 2.55. The maximum Gasteiger partial charge on any atom is 0.321 e. The van der Waals surface area contributed by atoms with Crippen LogP contribution in [0.3, 0.4) is 0 Å². The fraction of sp³-hybridized carbons (Fsp3) is 0.500. The normalized spacial score (nSPS) is 16.5. The average molecular weight is 265 g/mol. The molecule has 1 saturated heterocycles. The maximum atomic E-state index is 13.5. The Morgan fingerprint density at radius 1 is 1.47 bits per heavy atom. The zero-order valence-electron chi connectivity index (χ0n) is 11.2. The molecule has 5 heteroatoms. The lowest BCUT2D eigenvalue weighted by Crippen LogP contribution is -2.40. The largest absolute Gasteiger partial charge is 0.326 e. The minimum absolute atomic E-state index is 0.0688. The summed E-state index contributed by atoms with van der Waals surface area (Å²) < 4.78 is 13.5. The van der Waals surface area contributed by atoms with E-state index in [-0.39, 0.29) is 18.4 Å². The molecule has 19 heavy (non-hydrogen) atoms. The number of piperidine rings is 1. The monoisotopic (exact) mass is 265 g/mol. The van der Waals surface area contributed by atoms with Gasteiger partial charge in [0.1, 0.15) is 5.82 Å². The van der Waals surface area contributed by atoms with Crippen molar-refractivity contribution in [3.8, 4) is 0 Å². The molecular weight excluding hydrogens is 245 g/mol. The second-order valence-corrected chi connectivity index (χ2v) is 5.07. The summed E-state index contributed by atoms with van der Waals surface area (Å²) in [6.45, 7) is 3.76. The summed E-state index contributed by atoms with van der Waals surface area (Å²) in [6, 6.07) is 4.42. The summed E-state index contributed by atoms with van der Waals surface area (Å²) in [5.41, 5.74) is 6.33. The zero-order chi connectivity index (χ0) is 13.8. The molecule has 1 aliphatic rings. The molecule has 0 saturated carbocycles. The highest BCUT2D eigenvalue weighted by atomic mass is 19.1. The molecule has 2 amide bonds. The fourth-order valence-corrected chi connectivity index (χ4v) is 2.29. The van der Waals surface area contributed by atoms with Crippen molar-refractivity contribution >= 4 is 11.7 Å². The van der Waals surface area contributed by atoms with Gasteiger partial charge in [-0.2, -0.15) is 0 Å². The number of hydrogen-bond donors (Lipinski definition) is 2. The molecular formula is C14H20FN3O. The smallest absolute Gasteiger partial charge is 0.321 e. The van der Waals surface area contributed by atoms with E-state index in [1.165, 1.54) is 6.07 Å². The average Bonchev–Trinajstić information content (AvgIpc) is 2.39. The van der Waals surface area contributed by atoms with Crippen molar-refractivity contribution in [1.82, 2.24) is 4.90 Å². The van der Waals surface area contributed by atoms with Gasteiger partial charge in [0.25, 0.3) is 0 Å². The number of nitrogens with zero attached hydrogens (tertiary/aromatic N) is 1. The Morgan fingerprint density at radius 2 is 2.16 bits per heavy atom. The Morgan fingerprint density at radius 3 is 2.79 bits per heavy atom. The summed E-state index contributed by atoms with van der Waals surface area (Å²) >= 11 is 0. The van der Waals surface area contributed by atoms with Crippen LogP contribution in [-0.2, 0) is 6.54 Å². The summed E-state index contributed by atoms with van der Waals surface area (Å²) in [6.07, 6.45) is 2.03. The first-order chi connectivity index (χ1) is 9.11. The molecule has 104 valence electrons. The van der Waals surface area contributed by atoms with E-state index in [1.807, 2.05) is 0 Å². The Balaban J connectivity index is 2.05. The number of halogens is 1. The van der Waals surface area contributed by atoms with Gasteiger partial charge in [-0.05, 0) is 30.9 Å². The number of amides is 2.